The highest BCUT2D eigenvalue weighted by Crippen LogP contribution is 2.21. The largest absolute Gasteiger partial charge is 0.466 e. The third-order valence-electron chi connectivity index (χ3n) is 11.3. The summed E-state index contributed by atoms with van der Waals surface area (Å²) in [6.07, 6.45) is 39.3. The van der Waals surface area contributed by atoms with Crippen molar-refractivity contribution in [2.45, 2.75) is 258 Å². The molecule has 1 heterocycles. The molecule has 318 valence electrons. The van der Waals surface area contributed by atoms with Crippen LogP contribution in [-0.2, 0) is 28.6 Å². The molecule has 1 fully saturated rings. The molecule has 7 nitrogen and oxygen atoms in total. The number of nitrogens with zero attached hydrogens (tertiary/aromatic N) is 1. The summed E-state index contributed by atoms with van der Waals surface area (Å²) in [5.74, 6) is -0.165. The van der Waals surface area contributed by atoms with Gasteiger partial charge >= 0.3 is 17.9 Å². The van der Waals surface area contributed by atoms with Crippen molar-refractivity contribution < 1.29 is 28.6 Å². The minimum absolute atomic E-state index is 0.0193. The first-order valence-corrected chi connectivity index (χ1v) is 23.8. The van der Waals surface area contributed by atoms with Crippen LogP contribution in [0, 0.1) is 0 Å². The number of unbranched alkanes of at least 4 members (excludes halogenated alkanes) is 24. The van der Waals surface area contributed by atoms with Gasteiger partial charge in [0.25, 0.3) is 0 Å². The zero-order valence-corrected chi connectivity index (χ0v) is 36.1. The second kappa shape index (κ2) is 38.3. The van der Waals surface area contributed by atoms with Crippen molar-refractivity contribution in [3.05, 3.63) is 0 Å². The maximum absolute atomic E-state index is 12.8. The average molecular weight is 764 g/mol. The van der Waals surface area contributed by atoms with E-state index in [0.29, 0.717) is 26.1 Å². The minimum atomic E-state index is -0.122. The molecule has 54 heavy (non-hydrogen) atoms. The summed E-state index contributed by atoms with van der Waals surface area (Å²) in [4.78, 5) is 39.9. The molecule has 1 saturated heterocycles. The molecule has 1 aliphatic rings. The molecule has 0 aromatic rings. The molecule has 0 aromatic heterocycles. The first-order chi connectivity index (χ1) is 26.5. The Morgan fingerprint density at radius 2 is 0.926 bits per heavy atom. The molecule has 0 amide bonds. The van der Waals surface area contributed by atoms with Crippen LogP contribution in [-0.4, -0.2) is 61.3 Å². The molecular weight excluding hydrogens is 675 g/mol. The van der Waals surface area contributed by atoms with Gasteiger partial charge < -0.3 is 14.2 Å². The normalized spacial score (nSPS) is 14.6. The third kappa shape index (κ3) is 30.6. The Hall–Kier alpha value is -1.63. The Morgan fingerprint density at radius 3 is 1.46 bits per heavy atom. The highest BCUT2D eigenvalue weighted by molar-refractivity contribution is 5.76. The van der Waals surface area contributed by atoms with E-state index in [-0.39, 0.29) is 30.1 Å². The highest BCUT2D eigenvalue weighted by Gasteiger charge is 2.31. The van der Waals surface area contributed by atoms with Crippen LogP contribution < -0.4 is 0 Å². The first kappa shape index (κ1) is 50.4. The van der Waals surface area contributed by atoms with Crippen LogP contribution in [0.4, 0.5) is 0 Å². The van der Waals surface area contributed by atoms with Crippen molar-refractivity contribution in [2.75, 3.05) is 26.3 Å². The molecule has 0 bridgehead atoms. The van der Waals surface area contributed by atoms with Gasteiger partial charge in [-0.1, -0.05) is 162 Å². The van der Waals surface area contributed by atoms with Gasteiger partial charge in [0.1, 0.15) is 12.1 Å². The standard InChI is InChI=1S/C47H89NO6/c1-4-7-10-13-16-17-18-23-31-41-52-45(49)37-29-25-30-39-48-40-33-36-44(48)47(51)53-42-32-24-19-22-28-38-46(50)54-43(34-26-20-14-11-8-5-2)35-27-21-15-12-9-6-3/h43-44H,4-42H2,1-3H3/t44-/m0/s1. The molecule has 0 radical (unpaired) electrons. The predicted molar refractivity (Wildman–Crippen MR) is 226 cm³/mol. The van der Waals surface area contributed by atoms with Gasteiger partial charge in [0.05, 0.1) is 13.2 Å². The summed E-state index contributed by atoms with van der Waals surface area (Å²) in [6.45, 7) is 9.63. The fraction of sp³-hybridized carbons (Fsp3) is 0.936. The second-order valence-electron chi connectivity index (χ2n) is 16.5. The van der Waals surface area contributed by atoms with Gasteiger partial charge in [-0.3, -0.25) is 19.3 Å². The number of ether oxygens (including phenoxy) is 3. The number of carbonyl (C=O) groups excluding carboxylic acids is 3. The van der Waals surface area contributed by atoms with Gasteiger partial charge in [0, 0.05) is 12.8 Å². The van der Waals surface area contributed by atoms with E-state index in [1.54, 1.807) is 0 Å². The molecule has 0 N–H and O–H groups in total. The van der Waals surface area contributed by atoms with Gasteiger partial charge in [-0.2, -0.15) is 0 Å². The minimum Gasteiger partial charge on any atom is -0.466 e. The molecule has 0 unspecified atom stereocenters. The summed E-state index contributed by atoms with van der Waals surface area (Å²) in [5.41, 5.74) is 0. The maximum atomic E-state index is 12.8. The monoisotopic (exact) mass is 764 g/mol. The van der Waals surface area contributed by atoms with Gasteiger partial charge in [-0.25, -0.2) is 0 Å². The quantitative estimate of drug-likeness (QED) is 0.0349. The second-order valence-corrected chi connectivity index (χ2v) is 16.5. The molecule has 0 aromatic carbocycles. The molecule has 1 aliphatic heterocycles. The van der Waals surface area contributed by atoms with E-state index in [2.05, 4.69) is 25.7 Å². The zero-order valence-electron chi connectivity index (χ0n) is 36.1. The van der Waals surface area contributed by atoms with Gasteiger partial charge in [0.2, 0.25) is 0 Å². The van der Waals surface area contributed by atoms with Gasteiger partial charge in [0.15, 0.2) is 0 Å². The third-order valence-corrected chi connectivity index (χ3v) is 11.3. The lowest BCUT2D eigenvalue weighted by atomic mass is 10.0. The molecule has 0 saturated carbocycles. The van der Waals surface area contributed by atoms with E-state index in [4.69, 9.17) is 14.2 Å². The van der Waals surface area contributed by atoms with Crippen molar-refractivity contribution in [3.63, 3.8) is 0 Å². The van der Waals surface area contributed by atoms with E-state index < -0.39 is 0 Å². The highest BCUT2D eigenvalue weighted by atomic mass is 16.5. The number of hydrogen-bond acceptors (Lipinski definition) is 7. The van der Waals surface area contributed by atoms with Gasteiger partial charge in [-0.05, 0) is 83.7 Å². The van der Waals surface area contributed by atoms with E-state index >= 15 is 0 Å². The lowest BCUT2D eigenvalue weighted by Gasteiger charge is -2.22. The van der Waals surface area contributed by atoms with Crippen LogP contribution in [0.15, 0.2) is 0 Å². The summed E-state index contributed by atoms with van der Waals surface area (Å²) < 4.78 is 17.1. The zero-order chi connectivity index (χ0) is 39.2. The topological polar surface area (TPSA) is 82.1 Å². The Kier molecular flexibility index (Phi) is 35.7. The number of hydrogen-bond donors (Lipinski definition) is 0. The summed E-state index contributed by atoms with van der Waals surface area (Å²) >= 11 is 0. The van der Waals surface area contributed by atoms with Crippen LogP contribution in [0.5, 0.6) is 0 Å². The SMILES string of the molecule is CCCCCCCCCCCOC(=O)CCCCCN1CCC[C@H]1C(=O)OCCCCCCCC(=O)OC(CCCCCCCC)CCCCCCCC. The van der Waals surface area contributed by atoms with Crippen molar-refractivity contribution >= 4 is 17.9 Å². The summed E-state index contributed by atoms with van der Waals surface area (Å²) in [6, 6.07) is -0.122. The summed E-state index contributed by atoms with van der Waals surface area (Å²) in [5, 5.41) is 0. The molecule has 1 atom stereocenters. The lowest BCUT2D eigenvalue weighted by Crippen LogP contribution is -2.38. The van der Waals surface area contributed by atoms with Crippen LogP contribution in [0.2, 0.25) is 0 Å². The Labute approximate surface area is 334 Å². The van der Waals surface area contributed by atoms with E-state index in [9.17, 15) is 14.4 Å². The number of rotatable bonds is 40. The van der Waals surface area contributed by atoms with Crippen molar-refractivity contribution in [1.82, 2.24) is 4.90 Å². The first-order valence-electron chi connectivity index (χ1n) is 23.8. The smallest absolute Gasteiger partial charge is 0.323 e. The fourth-order valence-electron chi connectivity index (χ4n) is 7.77. The summed E-state index contributed by atoms with van der Waals surface area (Å²) in [7, 11) is 0. The van der Waals surface area contributed by atoms with Crippen LogP contribution in [0.25, 0.3) is 0 Å². The van der Waals surface area contributed by atoms with E-state index in [1.165, 1.54) is 122 Å². The van der Waals surface area contributed by atoms with Crippen LogP contribution >= 0.6 is 0 Å². The van der Waals surface area contributed by atoms with E-state index in [0.717, 1.165) is 103 Å². The number of esters is 3. The van der Waals surface area contributed by atoms with Crippen LogP contribution in [0.3, 0.4) is 0 Å². The van der Waals surface area contributed by atoms with Crippen molar-refractivity contribution in [1.29, 1.82) is 0 Å². The number of carbonyl (C=O) groups is 3. The van der Waals surface area contributed by atoms with E-state index in [1.807, 2.05) is 0 Å². The van der Waals surface area contributed by atoms with Crippen molar-refractivity contribution in [2.24, 2.45) is 0 Å². The maximum Gasteiger partial charge on any atom is 0.323 e. The average Bonchev–Trinajstić information content (AvgIpc) is 3.64. The Bertz CT molecular complexity index is 849. The molecule has 1 rings (SSSR count). The number of likely N-dealkylation sites (tertiary alicyclic amines) is 1. The molecular formula is C47H89NO6. The van der Waals surface area contributed by atoms with Crippen molar-refractivity contribution in [3.8, 4) is 0 Å². The fourth-order valence-corrected chi connectivity index (χ4v) is 7.77. The molecule has 0 aliphatic carbocycles. The Morgan fingerprint density at radius 1 is 0.500 bits per heavy atom. The molecule has 0 spiro atoms. The van der Waals surface area contributed by atoms with Crippen LogP contribution in [0.1, 0.15) is 245 Å². The molecule has 7 heteroatoms. The lowest BCUT2D eigenvalue weighted by molar-refractivity contribution is -0.150. The Balaban J connectivity index is 2.09. The predicted octanol–water partition coefficient (Wildman–Crippen LogP) is 13.4. The van der Waals surface area contributed by atoms with Gasteiger partial charge in [-0.15, -0.1) is 0 Å².